The van der Waals surface area contributed by atoms with E-state index in [0.717, 1.165) is 22.5 Å². The van der Waals surface area contributed by atoms with E-state index in [1.807, 2.05) is 134 Å². The van der Waals surface area contributed by atoms with Crippen molar-refractivity contribution in [1.82, 2.24) is 9.13 Å². The number of carboxylic acid groups (broad SMARTS) is 2. The number of aromatic nitrogens is 2. The van der Waals surface area contributed by atoms with Crippen molar-refractivity contribution >= 4 is 118 Å². The van der Waals surface area contributed by atoms with E-state index in [-0.39, 0.29) is 173 Å². The van der Waals surface area contributed by atoms with Crippen LogP contribution in [0.15, 0.2) is 170 Å². The fourth-order valence-corrected chi connectivity index (χ4v) is 10.4. The van der Waals surface area contributed by atoms with Gasteiger partial charge in [-0.3, -0.25) is 9.59 Å². The molecule has 0 aliphatic heterocycles. The molecule has 6 aromatic carbocycles. The number of carboxylic acids is 2. The number of halogens is 2. The molecule has 89 heavy (non-hydrogen) atoms. The Morgan fingerprint density at radius 2 is 0.719 bits per heavy atom. The monoisotopic (exact) mass is 1330 g/mol. The first-order valence-corrected chi connectivity index (χ1v) is 27.3. The van der Waals surface area contributed by atoms with E-state index in [2.05, 4.69) is 10.6 Å². The minimum atomic E-state index is -1.39. The van der Waals surface area contributed by atoms with Crippen LogP contribution < -0.4 is 20.8 Å². The third-order valence-corrected chi connectivity index (χ3v) is 13.8. The Morgan fingerprint density at radius 1 is 0.438 bits per heavy atom. The fraction of sp³-hybridized carbons (Fsp3) is 0.273. The van der Waals surface area contributed by atoms with E-state index in [0.29, 0.717) is 56.1 Å². The van der Waals surface area contributed by atoms with Gasteiger partial charge >= 0.3 is 83.2 Å². The second-order valence-electron chi connectivity index (χ2n) is 20.8. The van der Waals surface area contributed by atoms with Crippen LogP contribution in [0.2, 0.25) is 0 Å². The number of aliphatic hydroxyl groups is 4. The van der Waals surface area contributed by atoms with Crippen LogP contribution in [-0.2, 0) is 22.7 Å². The first kappa shape index (κ1) is 83.0. The number of benzene rings is 6. The maximum atomic E-state index is 14.0. The van der Waals surface area contributed by atoms with Crippen molar-refractivity contribution in [1.29, 1.82) is 0 Å². The van der Waals surface area contributed by atoms with Gasteiger partial charge in [0, 0.05) is 71.8 Å². The SMILES string of the molecule is CC(C)c1c(C(=O)Nc2ccccc2)c(-c2ccccc2)c(-c2ccc(F)cc2)n1CC[C@@H](O)C[C@@H](O)CC(=O)[O-].CC(C)c1c(C(=O)Nc2ccccc2)c(-c2ccccc2)c(-c2ccc(F)cc2)n1CC[C@@H](O)C[C@@H](O)CC(=O)[O-].O.O.O.O.O.[Ca+2].[SrH2]. The Labute approximate surface area is 582 Å². The summed E-state index contributed by atoms with van der Waals surface area (Å²) in [5.41, 5.74) is 9.43. The first-order chi connectivity index (χ1) is 39.3. The van der Waals surface area contributed by atoms with Gasteiger partial charge in [-0.2, -0.15) is 0 Å². The molecule has 0 saturated heterocycles. The molecule has 0 fully saturated rings. The summed E-state index contributed by atoms with van der Waals surface area (Å²) in [7, 11) is 0. The predicted molar refractivity (Wildman–Crippen MR) is 342 cm³/mol. The Balaban J connectivity index is 0.00000161. The number of rotatable bonds is 24. The number of aliphatic hydroxyl groups excluding tert-OH is 4. The molecule has 0 aliphatic rings. The predicted octanol–water partition coefficient (Wildman–Crippen LogP) is 4.54. The second-order valence-corrected chi connectivity index (χ2v) is 20.8. The zero-order valence-electron chi connectivity index (χ0n) is 49.4. The zero-order chi connectivity index (χ0) is 59.0. The Hall–Kier alpha value is -6.00. The van der Waals surface area contributed by atoms with E-state index in [1.54, 1.807) is 48.5 Å². The number of carbonyl (C=O) groups is 4. The summed E-state index contributed by atoms with van der Waals surface area (Å²) in [6.07, 6.45) is -5.54. The van der Waals surface area contributed by atoms with Crippen molar-refractivity contribution < 1.29 is 86.0 Å². The van der Waals surface area contributed by atoms with Gasteiger partial charge in [-0.25, -0.2) is 8.78 Å². The number of anilines is 2. The molecule has 2 amide bonds. The maximum absolute atomic E-state index is 14.0. The number of para-hydroxylation sites is 2. The van der Waals surface area contributed by atoms with E-state index in [9.17, 15) is 58.6 Å². The Bertz CT molecular complexity index is 3190. The van der Waals surface area contributed by atoms with Crippen LogP contribution in [-0.4, -0.2) is 188 Å². The van der Waals surface area contributed by atoms with Crippen LogP contribution in [0.3, 0.4) is 0 Å². The number of aliphatic carboxylic acids is 2. The average Bonchev–Trinajstić information content (AvgIpc) is 1.63. The van der Waals surface area contributed by atoms with Crippen molar-refractivity contribution in [2.75, 3.05) is 10.6 Å². The van der Waals surface area contributed by atoms with Crippen molar-refractivity contribution in [3.8, 4) is 44.8 Å². The number of carbonyl (C=O) groups excluding carboxylic acids is 4. The molecule has 0 unspecified atom stereocenters. The van der Waals surface area contributed by atoms with Crippen LogP contribution in [0, 0.1) is 11.6 Å². The zero-order valence-corrected chi connectivity index (χ0v) is 51.6. The fourth-order valence-electron chi connectivity index (χ4n) is 10.4. The number of amides is 2. The standard InChI is InChI=1S/2C33H35FN2O5.Ca.5H2O.Sr.2H/c2*1-21(2)31-30(33(41)35-25-11-7-4-8-12-25)29(22-9-5-3-6-10-22)32(23-13-15-24(34)16-14-23)36(31)18-17-26(37)19-27(38)20-28(39)40;;;;;;;;;/h2*3-16,21,26-27,37-38H,17-20H2,1-2H3,(H,35,41)(H,39,40);;5*1H2;;;/q;;+2;;;;;;;;/p-2/t2*26-,27-;;;;;;;;;/m11........./s1. The molecule has 0 aliphatic carbocycles. The molecule has 472 valence electrons. The molecular weight excluding hydrogens is 1250 g/mol. The second kappa shape index (κ2) is 40.0. The molecule has 8 rings (SSSR count). The molecule has 0 bridgehead atoms. The summed E-state index contributed by atoms with van der Waals surface area (Å²) < 4.78 is 32.0. The van der Waals surface area contributed by atoms with Gasteiger partial charge in [0.05, 0.1) is 46.9 Å². The summed E-state index contributed by atoms with van der Waals surface area (Å²) in [5, 5.41) is 69.2. The third-order valence-electron chi connectivity index (χ3n) is 13.8. The van der Waals surface area contributed by atoms with Gasteiger partial charge in [0.15, 0.2) is 0 Å². The quantitative estimate of drug-likeness (QED) is 0.0459. The molecule has 8 aromatic rings. The van der Waals surface area contributed by atoms with Crippen molar-refractivity contribution in [3.63, 3.8) is 0 Å². The first-order valence-electron chi connectivity index (χ1n) is 27.3. The average molecular weight is 1340 g/mol. The van der Waals surface area contributed by atoms with Crippen molar-refractivity contribution in [3.05, 3.63) is 204 Å². The van der Waals surface area contributed by atoms with E-state index in [1.165, 1.54) is 24.3 Å². The molecule has 0 saturated carbocycles. The molecule has 2 heterocycles. The van der Waals surface area contributed by atoms with Crippen LogP contribution >= 0.6 is 0 Å². The van der Waals surface area contributed by atoms with Crippen LogP contribution in [0.4, 0.5) is 20.2 Å². The van der Waals surface area contributed by atoms with Gasteiger partial charge in [-0.1, -0.05) is 125 Å². The molecule has 23 heteroatoms. The number of nitrogens with zero attached hydrogens (tertiary/aromatic N) is 2. The summed E-state index contributed by atoms with van der Waals surface area (Å²) in [6.45, 7) is 8.45. The van der Waals surface area contributed by atoms with Gasteiger partial charge in [0.1, 0.15) is 11.6 Å². The van der Waals surface area contributed by atoms with E-state index in [4.69, 9.17) is 0 Å². The van der Waals surface area contributed by atoms with Crippen molar-refractivity contribution in [2.45, 2.75) is 116 Å². The minimum absolute atomic E-state index is 0. The van der Waals surface area contributed by atoms with Gasteiger partial charge in [0.25, 0.3) is 11.8 Å². The summed E-state index contributed by atoms with van der Waals surface area (Å²) in [5.74, 6) is -4.41. The van der Waals surface area contributed by atoms with Gasteiger partial charge in [-0.15, -0.1) is 0 Å². The molecule has 16 N–H and O–H groups in total. The molecule has 0 radical (unpaired) electrons. The number of hydrogen-bond donors (Lipinski definition) is 6. The Kier molecular flexibility index (Phi) is 37.3. The summed E-state index contributed by atoms with van der Waals surface area (Å²) in [6, 6.07) is 49.4. The molecular formula is C66H80CaF2N4O15Sr. The number of nitrogens with one attached hydrogen (secondary N) is 2. The number of hydrogen-bond acceptors (Lipinski definition) is 10. The van der Waals surface area contributed by atoms with Crippen LogP contribution in [0.5, 0.6) is 0 Å². The summed E-state index contributed by atoms with van der Waals surface area (Å²) in [4.78, 5) is 49.8. The van der Waals surface area contributed by atoms with Gasteiger partial charge in [0.2, 0.25) is 0 Å². The third kappa shape index (κ3) is 22.7. The topological polar surface area (TPSA) is 387 Å². The Morgan fingerprint density at radius 3 is 0.989 bits per heavy atom. The van der Waals surface area contributed by atoms with Crippen LogP contribution in [0.1, 0.15) is 110 Å². The molecule has 0 spiro atoms. The molecule has 19 nitrogen and oxygen atoms in total. The molecule has 2 aromatic heterocycles. The van der Waals surface area contributed by atoms with Crippen LogP contribution in [0.25, 0.3) is 44.8 Å². The van der Waals surface area contributed by atoms with Crippen molar-refractivity contribution in [2.24, 2.45) is 0 Å². The van der Waals surface area contributed by atoms with Gasteiger partial charge in [-0.05, 0) is 133 Å². The summed E-state index contributed by atoms with van der Waals surface area (Å²) >= 11 is 0. The molecule has 4 atom stereocenters. The van der Waals surface area contributed by atoms with Gasteiger partial charge < -0.3 is 87.4 Å². The van der Waals surface area contributed by atoms with E-state index < -0.39 is 60.8 Å². The van der Waals surface area contributed by atoms with E-state index >= 15 is 0 Å². The normalized spacial score (nSPS) is 11.7.